The van der Waals surface area contributed by atoms with Gasteiger partial charge in [0.25, 0.3) is 0 Å². The number of sulfonamides is 1. The maximum absolute atomic E-state index is 15.1. The molecule has 33 heavy (non-hydrogen) atoms. The van der Waals surface area contributed by atoms with Crippen molar-refractivity contribution < 1.29 is 17.6 Å². The first-order chi connectivity index (χ1) is 15.7. The molecular weight excluding hydrogens is 441 g/mol. The van der Waals surface area contributed by atoms with E-state index in [0.29, 0.717) is 31.6 Å². The van der Waals surface area contributed by atoms with Gasteiger partial charge in [0.1, 0.15) is 11.1 Å². The number of nitrogens with zero attached hydrogens (tertiary/aromatic N) is 3. The number of rotatable bonds is 4. The largest absolute Gasteiger partial charge is 0.368 e. The first-order valence-electron chi connectivity index (χ1n) is 11.5. The lowest BCUT2D eigenvalue weighted by Gasteiger charge is -2.40. The Labute approximate surface area is 196 Å². The van der Waals surface area contributed by atoms with Crippen molar-refractivity contribution in [3.05, 3.63) is 65.5 Å². The summed E-state index contributed by atoms with van der Waals surface area (Å²) >= 11 is 0. The highest BCUT2D eigenvalue weighted by atomic mass is 32.2. The summed E-state index contributed by atoms with van der Waals surface area (Å²) in [6, 6.07) is 14.2. The normalized spacial score (nSPS) is 25.8. The third-order valence-corrected chi connectivity index (χ3v) is 9.33. The van der Waals surface area contributed by atoms with E-state index >= 15 is 4.39 Å². The van der Waals surface area contributed by atoms with Crippen LogP contribution in [0, 0.1) is 5.82 Å². The Morgan fingerprint density at radius 2 is 1.76 bits per heavy atom. The molecule has 2 heterocycles. The Kier molecular flexibility index (Phi) is 6.77. The molecule has 2 aromatic rings. The molecule has 0 spiro atoms. The van der Waals surface area contributed by atoms with Crippen LogP contribution in [0.4, 0.5) is 10.1 Å². The van der Waals surface area contributed by atoms with Crippen LogP contribution in [-0.4, -0.2) is 55.2 Å². The molecule has 0 radical (unpaired) electrons. The number of piperazine rings is 1. The topological polar surface area (TPSA) is 60.9 Å². The molecule has 0 aromatic heterocycles. The zero-order chi connectivity index (χ0) is 23.8. The molecule has 8 heteroatoms. The minimum absolute atomic E-state index is 0.0213. The molecule has 2 fully saturated rings. The molecule has 2 aliphatic heterocycles. The number of carbonyl (C=O) groups is 1. The van der Waals surface area contributed by atoms with Gasteiger partial charge in [0.05, 0.1) is 0 Å². The first-order valence-corrected chi connectivity index (χ1v) is 13.0. The Bertz CT molecular complexity index is 1110. The second kappa shape index (κ2) is 9.43. The number of hydrogen-bond donors (Lipinski definition) is 0. The molecule has 0 aliphatic carbocycles. The van der Waals surface area contributed by atoms with Gasteiger partial charge < -0.3 is 9.80 Å². The molecular formula is C25H32FN3O3S. The van der Waals surface area contributed by atoms with Gasteiger partial charge in [-0.25, -0.2) is 12.8 Å². The fraction of sp³-hybridized carbons (Fsp3) is 0.480. The summed E-state index contributed by atoms with van der Waals surface area (Å²) < 4.78 is 43.5. The van der Waals surface area contributed by atoms with E-state index in [4.69, 9.17) is 0 Å². The molecule has 3 atom stereocenters. The van der Waals surface area contributed by atoms with Crippen molar-refractivity contribution in [1.82, 2.24) is 9.21 Å². The van der Waals surface area contributed by atoms with Crippen LogP contribution in [0.5, 0.6) is 0 Å². The van der Waals surface area contributed by atoms with Gasteiger partial charge in [-0.2, -0.15) is 4.31 Å². The van der Waals surface area contributed by atoms with Crippen molar-refractivity contribution in [2.45, 2.75) is 57.5 Å². The summed E-state index contributed by atoms with van der Waals surface area (Å²) in [6.45, 7) is 7.34. The smallest absolute Gasteiger partial charge is 0.221 e. The molecule has 0 N–H and O–H groups in total. The second-order valence-corrected chi connectivity index (χ2v) is 11.3. The summed E-state index contributed by atoms with van der Waals surface area (Å²) in [5, 5.41) is -0.601. The van der Waals surface area contributed by atoms with Crippen LogP contribution >= 0.6 is 0 Å². The van der Waals surface area contributed by atoms with Gasteiger partial charge in [-0.3, -0.25) is 4.79 Å². The average molecular weight is 474 g/mol. The van der Waals surface area contributed by atoms with Gasteiger partial charge in [0.15, 0.2) is 0 Å². The first kappa shape index (κ1) is 23.7. The van der Waals surface area contributed by atoms with Crippen LogP contribution in [0.25, 0.3) is 0 Å². The molecule has 1 amide bonds. The van der Waals surface area contributed by atoms with Crippen LogP contribution in [0.3, 0.4) is 0 Å². The summed E-state index contributed by atoms with van der Waals surface area (Å²) in [7, 11) is -3.61. The van der Waals surface area contributed by atoms with Gasteiger partial charge in [-0.15, -0.1) is 0 Å². The van der Waals surface area contributed by atoms with Gasteiger partial charge >= 0.3 is 0 Å². The van der Waals surface area contributed by atoms with Crippen molar-refractivity contribution in [3.8, 4) is 0 Å². The fourth-order valence-corrected chi connectivity index (χ4v) is 7.23. The zero-order valence-corrected chi connectivity index (χ0v) is 20.3. The van der Waals surface area contributed by atoms with Crippen molar-refractivity contribution >= 4 is 21.6 Å². The monoisotopic (exact) mass is 473 g/mol. The van der Waals surface area contributed by atoms with Gasteiger partial charge in [0.2, 0.25) is 15.9 Å². The summed E-state index contributed by atoms with van der Waals surface area (Å²) in [5.41, 5.74) is 1.91. The van der Waals surface area contributed by atoms with Crippen LogP contribution in [-0.2, 0) is 21.4 Å². The van der Waals surface area contributed by atoms with E-state index in [1.54, 1.807) is 13.0 Å². The Morgan fingerprint density at radius 3 is 2.39 bits per heavy atom. The van der Waals surface area contributed by atoms with Crippen molar-refractivity contribution in [3.63, 3.8) is 0 Å². The maximum atomic E-state index is 15.1. The van der Waals surface area contributed by atoms with Gasteiger partial charge in [-0.05, 0) is 44.4 Å². The Balaban J connectivity index is 1.52. The highest BCUT2D eigenvalue weighted by Gasteiger charge is 2.40. The van der Waals surface area contributed by atoms with Crippen molar-refractivity contribution in [2.24, 2.45) is 0 Å². The molecule has 6 nitrogen and oxygen atoms in total. The summed E-state index contributed by atoms with van der Waals surface area (Å²) in [4.78, 5) is 15.6. The van der Waals surface area contributed by atoms with Crippen LogP contribution in [0.2, 0.25) is 0 Å². The molecule has 178 valence electrons. The fourth-order valence-electron chi connectivity index (χ4n) is 5.04. The minimum Gasteiger partial charge on any atom is -0.368 e. The molecule has 2 saturated heterocycles. The Hall–Kier alpha value is -2.45. The second-order valence-electron chi connectivity index (χ2n) is 9.20. The molecule has 4 rings (SSSR count). The highest BCUT2D eigenvalue weighted by molar-refractivity contribution is 7.89. The quantitative estimate of drug-likeness (QED) is 0.675. The number of hydrogen-bond acceptors (Lipinski definition) is 4. The maximum Gasteiger partial charge on any atom is 0.221 e. The third-order valence-electron chi connectivity index (χ3n) is 6.96. The van der Waals surface area contributed by atoms with Crippen molar-refractivity contribution in [1.29, 1.82) is 0 Å². The third kappa shape index (κ3) is 4.77. The number of halogens is 1. The molecule has 1 unspecified atom stereocenters. The molecule has 2 aliphatic rings. The minimum atomic E-state index is -3.61. The predicted molar refractivity (Wildman–Crippen MR) is 128 cm³/mol. The molecule has 2 aromatic carbocycles. The Morgan fingerprint density at radius 1 is 1.03 bits per heavy atom. The lowest BCUT2D eigenvalue weighted by atomic mass is 10.0. The molecule has 0 bridgehead atoms. The van der Waals surface area contributed by atoms with E-state index in [1.165, 1.54) is 10.4 Å². The van der Waals surface area contributed by atoms with E-state index in [0.717, 1.165) is 17.7 Å². The number of benzene rings is 2. The van der Waals surface area contributed by atoms with Crippen LogP contribution < -0.4 is 4.90 Å². The lowest BCUT2D eigenvalue weighted by Crippen LogP contribution is -2.53. The SMILES string of the molecule is CC(=O)N1CCN(c2ccc(CN3[C@@H](C)CCC(c4ccccc4)S3(=O)=O)c(F)c2)C[C@@H]1C. The number of anilines is 1. The molecule has 0 saturated carbocycles. The average Bonchev–Trinajstić information content (AvgIpc) is 2.77. The zero-order valence-electron chi connectivity index (χ0n) is 19.4. The van der Waals surface area contributed by atoms with E-state index in [-0.39, 0.29) is 24.5 Å². The van der Waals surface area contributed by atoms with E-state index in [2.05, 4.69) is 4.90 Å². The van der Waals surface area contributed by atoms with E-state index in [9.17, 15) is 13.2 Å². The summed E-state index contributed by atoms with van der Waals surface area (Å²) in [6.07, 6.45) is 1.30. The van der Waals surface area contributed by atoms with E-state index < -0.39 is 21.1 Å². The number of amides is 1. The lowest BCUT2D eigenvalue weighted by molar-refractivity contribution is -0.131. The standard InChI is InChI=1S/C25H32FN3O3S/c1-18-9-12-25(21-7-5-4-6-8-21)33(31,32)29(18)17-22-10-11-23(15-24(22)26)27-13-14-28(20(3)30)19(2)16-27/h4-8,10-11,15,18-19,25H,9,12-14,16-17H2,1-3H3/t18-,19-,25?/m0/s1. The van der Waals surface area contributed by atoms with Crippen LogP contribution in [0.15, 0.2) is 48.5 Å². The van der Waals surface area contributed by atoms with Crippen LogP contribution in [0.1, 0.15) is 50.0 Å². The highest BCUT2D eigenvalue weighted by Crippen LogP contribution is 2.38. The summed E-state index contributed by atoms with van der Waals surface area (Å²) in [5.74, 6) is -0.354. The van der Waals surface area contributed by atoms with Gasteiger partial charge in [0, 0.05) is 56.4 Å². The van der Waals surface area contributed by atoms with Crippen molar-refractivity contribution in [2.75, 3.05) is 24.5 Å². The van der Waals surface area contributed by atoms with Gasteiger partial charge in [-0.1, -0.05) is 36.4 Å². The predicted octanol–water partition coefficient (Wildman–Crippen LogP) is 3.94. The van der Waals surface area contributed by atoms with E-state index in [1.807, 2.05) is 55.1 Å². The number of carbonyl (C=O) groups excluding carboxylic acids is 1.